The number of piperazine rings is 1. The molecule has 1 fully saturated rings. The Morgan fingerprint density at radius 3 is 2.56 bits per heavy atom. The number of alkyl halides is 2. The molecule has 2 aromatic carbocycles. The molecule has 2 atom stereocenters. The van der Waals surface area contributed by atoms with Gasteiger partial charge in [0.05, 0.1) is 29.8 Å². The fraction of sp³-hybridized carbons (Fsp3) is 0.552. The van der Waals surface area contributed by atoms with Crippen molar-refractivity contribution in [1.29, 1.82) is 0 Å². The molecular weight excluding hydrogens is 576 g/mol. The topological polar surface area (TPSA) is 60.1 Å². The van der Waals surface area contributed by atoms with E-state index < -0.39 is 18.1 Å². The number of nitrogens with one attached hydrogen (secondary N) is 1. The number of anilines is 1. The van der Waals surface area contributed by atoms with Crippen LogP contribution in [-0.2, 0) is 0 Å². The predicted octanol–water partition coefficient (Wildman–Crippen LogP) is 4.78. The number of rotatable bonds is 9. The second kappa shape index (κ2) is 13.5. The quantitative estimate of drug-likeness (QED) is 0.398. The van der Waals surface area contributed by atoms with Crippen LogP contribution in [0.15, 0.2) is 34.2 Å². The Bertz CT molecular complexity index is 1260. The zero-order chi connectivity index (χ0) is 29.1. The van der Waals surface area contributed by atoms with E-state index in [1.807, 2.05) is 11.0 Å². The molecule has 3 heterocycles. The van der Waals surface area contributed by atoms with Crippen molar-refractivity contribution >= 4 is 34.9 Å². The van der Waals surface area contributed by atoms with Gasteiger partial charge in [-0.05, 0) is 37.1 Å². The maximum absolute atomic E-state index is 15.1. The molecule has 2 aromatic rings. The third-order valence-electron chi connectivity index (χ3n) is 8.08. The van der Waals surface area contributed by atoms with Crippen LogP contribution in [0.25, 0.3) is 11.1 Å². The van der Waals surface area contributed by atoms with Gasteiger partial charge in [-0.1, -0.05) is 18.5 Å². The van der Waals surface area contributed by atoms with E-state index in [2.05, 4.69) is 22.0 Å². The van der Waals surface area contributed by atoms with E-state index in [1.165, 1.54) is 12.1 Å². The highest BCUT2D eigenvalue weighted by Gasteiger charge is 2.36. The van der Waals surface area contributed by atoms with E-state index in [1.54, 1.807) is 11.8 Å². The van der Waals surface area contributed by atoms with Crippen LogP contribution >= 0.6 is 23.4 Å². The Kier molecular flexibility index (Phi) is 10.0. The number of halogens is 5. The molecule has 6 nitrogen and oxygen atoms in total. The number of hydrogen-bond acceptors (Lipinski definition) is 7. The summed E-state index contributed by atoms with van der Waals surface area (Å²) in [6, 6.07) is 5.58. The molecule has 0 bridgehead atoms. The summed E-state index contributed by atoms with van der Waals surface area (Å²) in [7, 11) is 0. The summed E-state index contributed by atoms with van der Waals surface area (Å²) in [5.41, 5.74) is 8.47. The normalized spacial score (nSPS) is 20.5. The van der Waals surface area contributed by atoms with Crippen molar-refractivity contribution in [3.63, 3.8) is 0 Å². The monoisotopic (exact) mass is 612 g/mol. The van der Waals surface area contributed by atoms with E-state index in [0.29, 0.717) is 55.8 Å². The van der Waals surface area contributed by atoms with Gasteiger partial charge in [-0.25, -0.2) is 17.6 Å². The van der Waals surface area contributed by atoms with E-state index in [0.717, 1.165) is 59.9 Å². The molecule has 0 saturated carbocycles. The maximum Gasteiger partial charge on any atom is 0.251 e. The van der Waals surface area contributed by atoms with Crippen LogP contribution in [0.2, 0.25) is 5.02 Å². The molecule has 3 N–H and O–H groups in total. The van der Waals surface area contributed by atoms with Crippen LogP contribution in [0.3, 0.4) is 0 Å². The zero-order valence-corrected chi connectivity index (χ0v) is 24.8. The smallest absolute Gasteiger partial charge is 0.251 e. The summed E-state index contributed by atoms with van der Waals surface area (Å²) in [5.74, 6) is 0.571. The van der Waals surface area contributed by atoms with Gasteiger partial charge in [0, 0.05) is 79.2 Å². The lowest BCUT2D eigenvalue weighted by atomic mass is 9.98. The molecule has 5 rings (SSSR count). The SMILES string of the molecule is CC(CN)CCNC1=NCCN2c3c1cc(Cl)c(-c1ccc(F)cc1F)c3SCC2CN1CCN(CC(F)F)CC1. The van der Waals surface area contributed by atoms with E-state index in [-0.39, 0.29) is 18.2 Å². The van der Waals surface area contributed by atoms with Gasteiger partial charge in [0.25, 0.3) is 6.43 Å². The largest absolute Gasteiger partial charge is 0.370 e. The fourth-order valence-corrected chi connectivity index (χ4v) is 7.51. The van der Waals surface area contributed by atoms with Crippen molar-refractivity contribution in [2.75, 3.05) is 76.1 Å². The molecule has 12 heteroatoms. The molecule has 3 aliphatic rings. The number of benzene rings is 2. The van der Waals surface area contributed by atoms with Gasteiger partial charge >= 0.3 is 0 Å². The summed E-state index contributed by atoms with van der Waals surface area (Å²) >= 11 is 8.50. The Morgan fingerprint density at radius 1 is 1.10 bits per heavy atom. The lowest BCUT2D eigenvalue weighted by molar-refractivity contribution is 0.0551. The molecule has 0 spiro atoms. The van der Waals surface area contributed by atoms with Gasteiger partial charge in [0.15, 0.2) is 0 Å². The minimum Gasteiger partial charge on any atom is -0.370 e. The Labute approximate surface area is 248 Å². The summed E-state index contributed by atoms with van der Waals surface area (Å²) in [4.78, 5) is 12.3. The van der Waals surface area contributed by atoms with E-state index in [4.69, 9.17) is 22.3 Å². The molecule has 41 heavy (non-hydrogen) atoms. The van der Waals surface area contributed by atoms with Gasteiger partial charge in [-0.15, -0.1) is 11.8 Å². The number of hydrogen-bond donors (Lipinski definition) is 2. The number of nitrogens with zero attached hydrogens (tertiary/aromatic N) is 4. The van der Waals surface area contributed by atoms with Crippen molar-refractivity contribution in [3.8, 4) is 11.1 Å². The summed E-state index contributed by atoms with van der Waals surface area (Å²) < 4.78 is 54.6. The van der Waals surface area contributed by atoms with E-state index >= 15 is 4.39 Å². The molecule has 3 aliphatic heterocycles. The standard InChI is InChI=1S/C29H37ClF4N6S/c1-18(14-35)4-5-36-29-22-13-23(30)26(21-3-2-19(31)12-24(21)32)28-27(22)40(7-6-37-29)20(17-41-28)15-38-8-10-39(11-9-38)16-25(33)34/h2-3,12-13,18,20,25H,4-11,14-17,35H2,1H3,(H,36,37). The highest BCUT2D eigenvalue weighted by Crippen LogP contribution is 2.50. The lowest BCUT2D eigenvalue weighted by Crippen LogP contribution is -2.54. The van der Waals surface area contributed by atoms with Gasteiger partial charge in [0.2, 0.25) is 0 Å². The van der Waals surface area contributed by atoms with Gasteiger partial charge in [-0.2, -0.15) is 0 Å². The minimum absolute atomic E-state index is 0.145. The summed E-state index contributed by atoms with van der Waals surface area (Å²) in [6.45, 7) is 7.98. The number of amidine groups is 1. The molecule has 224 valence electrons. The number of thioether (sulfide) groups is 1. The summed E-state index contributed by atoms with van der Waals surface area (Å²) in [5, 5.41) is 3.89. The number of nitrogens with two attached hydrogens (primary N) is 1. The summed E-state index contributed by atoms with van der Waals surface area (Å²) in [6.07, 6.45) is -1.43. The van der Waals surface area contributed by atoms with Crippen molar-refractivity contribution in [3.05, 3.63) is 46.5 Å². The third kappa shape index (κ3) is 6.96. The van der Waals surface area contributed by atoms with Crippen molar-refractivity contribution < 1.29 is 17.6 Å². The first-order valence-electron chi connectivity index (χ1n) is 14.2. The first-order chi connectivity index (χ1) is 19.7. The number of aliphatic imine (C=N–C) groups is 1. The van der Waals surface area contributed by atoms with Gasteiger partial charge in [0.1, 0.15) is 17.5 Å². The molecule has 0 radical (unpaired) electrons. The van der Waals surface area contributed by atoms with Crippen LogP contribution in [0.4, 0.5) is 23.2 Å². The Hall–Kier alpha value is -2.05. The first kappa shape index (κ1) is 30.4. The second-order valence-electron chi connectivity index (χ2n) is 11.0. The molecule has 2 unspecified atom stereocenters. The average Bonchev–Trinajstić information content (AvgIpc) is 3.11. The highest BCUT2D eigenvalue weighted by atomic mass is 35.5. The van der Waals surface area contributed by atoms with Crippen molar-refractivity contribution in [1.82, 2.24) is 15.1 Å². The van der Waals surface area contributed by atoms with Gasteiger partial charge < -0.3 is 16.0 Å². The molecule has 1 saturated heterocycles. The van der Waals surface area contributed by atoms with E-state index in [9.17, 15) is 13.2 Å². The Morgan fingerprint density at radius 2 is 1.85 bits per heavy atom. The fourth-order valence-electron chi connectivity index (χ4n) is 5.77. The molecule has 0 aliphatic carbocycles. The molecular formula is C29H37ClF4N6S. The van der Waals surface area contributed by atoms with Crippen LogP contribution in [0, 0.1) is 17.6 Å². The molecule has 0 amide bonds. The average molecular weight is 613 g/mol. The van der Waals surface area contributed by atoms with Crippen LogP contribution in [0.1, 0.15) is 18.9 Å². The third-order valence-corrected chi connectivity index (χ3v) is 9.62. The highest BCUT2D eigenvalue weighted by molar-refractivity contribution is 7.99. The van der Waals surface area contributed by atoms with Crippen LogP contribution in [-0.4, -0.2) is 99.3 Å². The Balaban J connectivity index is 1.47. The second-order valence-corrected chi connectivity index (χ2v) is 12.5. The zero-order valence-electron chi connectivity index (χ0n) is 23.2. The first-order valence-corrected chi connectivity index (χ1v) is 15.5. The van der Waals surface area contributed by atoms with Crippen LogP contribution in [0.5, 0.6) is 0 Å². The van der Waals surface area contributed by atoms with Crippen molar-refractivity contribution in [2.24, 2.45) is 16.6 Å². The van der Waals surface area contributed by atoms with Crippen molar-refractivity contribution in [2.45, 2.75) is 30.7 Å². The van der Waals surface area contributed by atoms with Gasteiger partial charge in [-0.3, -0.25) is 14.8 Å². The molecule has 0 aromatic heterocycles. The van der Waals surface area contributed by atoms with Crippen LogP contribution < -0.4 is 16.0 Å². The predicted molar refractivity (Wildman–Crippen MR) is 160 cm³/mol. The maximum atomic E-state index is 15.1. The lowest BCUT2D eigenvalue weighted by Gasteiger charge is -2.43. The minimum atomic E-state index is -2.32.